The van der Waals surface area contributed by atoms with Crippen molar-refractivity contribution >= 4 is 18.0 Å². The summed E-state index contributed by atoms with van der Waals surface area (Å²) in [6.45, 7) is 6.49. The van der Waals surface area contributed by atoms with E-state index in [-0.39, 0.29) is 11.8 Å². The number of nitrogens with zero attached hydrogens (tertiary/aromatic N) is 1. The maximum absolute atomic E-state index is 13.0. The predicted molar refractivity (Wildman–Crippen MR) is 128 cm³/mol. The van der Waals surface area contributed by atoms with E-state index in [1.807, 2.05) is 93.7 Å². The summed E-state index contributed by atoms with van der Waals surface area (Å²) in [6, 6.07) is 21.8. The van der Waals surface area contributed by atoms with Crippen LogP contribution in [0.4, 0.5) is 0 Å². The predicted octanol–water partition coefficient (Wildman–Crippen LogP) is 3.72. The molecule has 3 aromatic rings. The van der Waals surface area contributed by atoms with Crippen LogP contribution in [0, 0.1) is 13.8 Å². The van der Waals surface area contributed by atoms with Crippen LogP contribution in [0.25, 0.3) is 0 Å². The second kappa shape index (κ2) is 9.69. The molecule has 6 heteroatoms. The number of nitrogens with one attached hydrogen (secondary N) is 2. The summed E-state index contributed by atoms with van der Waals surface area (Å²) >= 11 is 0. The lowest BCUT2D eigenvalue weighted by Crippen LogP contribution is -2.42. The van der Waals surface area contributed by atoms with E-state index in [2.05, 4.69) is 10.7 Å². The largest absolute Gasteiger partial charge is 0.494 e. The van der Waals surface area contributed by atoms with E-state index in [1.54, 1.807) is 10.8 Å². The van der Waals surface area contributed by atoms with Crippen LogP contribution >= 0.6 is 0 Å². The summed E-state index contributed by atoms with van der Waals surface area (Å²) in [7, 11) is 0. The summed E-state index contributed by atoms with van der Waals surface area (Å²) in [5.74, 6) is 0.251. The van der Waals surface area contributed by atoms with Crippen LogP contribution in [-0.2, 0) is 4.79 Å². The minimum atomic E-state index is -0.750. The Labute approximate surface area is 193 Å². The molecule has 168 valence electrons. The van der Waals surface area contributed by atoms with Crippen LogP contribution < -0.4 is 15.5 Å². The molecule has 1 aliphatic rings. The van der Waals surface area contributed by atoms with E-state index in [1.165, 1.54) is 0 Å². The van der Waals surface area contributed by atoms with Gasteiger partial charge in [-0.3, -0.25) is 9.59 Å². The number of carbonyl (C=O) groups is 2. The molecule has 1 fully saturated rings. The summed E-state index contributed by atoms with van der Waals surface area (Å²) in [4.78, 5) is 26.0. The van der Waals surface area contributed by atoms with Gasteiger partial charge in [0.1, 0.15) is 5.75 Å². The van der Waals surface area contributed by atoms with E-state index in [4.69, 9.17) is 4.74 Å². The average Bonchev–Trinajstić information content (AvgIpc) is 3.10. The second-order valence-electron chi connectivity index (χ2n) is 8.19. The fraction of sp³-hybridized carbons (Fsp3) is 0.222. The van der Waals surface area contributed by atoms with E-state index < -0.39 is 12.1 Å². The number of hydrazone groups is 1. The lowest BCUT2D eigenvalue weighted by Gasteiger charge is -2.15. The van der Waals surface area contributed by atoms with Crippen LogP contribution in [0.1, 0.15) is 45.6 Å². The van der Waals surface area contributed by atoms with E-state index >= 15 is 0 Å². The zero-order valence-electron chi connectivity index (χ0n) is 19.0. The van der Waals surface area contributed by atoms with Gasteiger partial charge in [-0.1, -0.05) is 47.5 Å². The second-order valence-corrected chi connectivity index (χ2v) is 8.19. The molecule has 0 spiro atoms. The van der Waals surface area contributed by atoms with Gasteiger partial charge in [-0.2, -0.15) is 0 Å². The number of ether oxygens (including phenoxy) is 1. The van der Waals surface area contributed by atoms with Gasteiger partial charge in [0.15, 0.2) is 6.04 Å². The molecule has 0 saturated carbocycles. The first kappa shape index (κ1) is 22.3. The Morgan fingerprint density at radius 3 is 2.42 bits per heavy atom. The fourth-order valence-electron chi connectivity index (χ4n) is 3.93. The molecule has 1 saturated heterocycles. The summed E-state index contributed by atoms with van der Waals surface area (Å²) in [5.41, 5.74) is 7.38. The Morgan fingerprint density at radius 1 is 1.03 bits per heavy atom. The zero-order chi connectivity index (χ0) is 23.4. The molecule has 2 N–H and O–H groups in total. The highest BCUT2D eigenvalue weighted by Gasteiger charge is 2.47. The van der Waals surface area contributed by atoms with Crippen molar-refractivity contribution in [2.45, 2.75) is 32.9 Å². The van der Waals surface area contributed by atoms with E-state index in [0.717, 1.165) is 28.0 Å². The van der Waals surface area contributed by atoms with Crippen molar-refractivity contribution in [1.29, 1.82) is 0 Å². The third kappa shape index (κ3) is 5.12. The van der Waals surface area contributed by atoms with Gasteiger partial charge in [0.05, 0.1) is 6.61 Å². The molecular formula is C27H28N3O3+. The lowest BCUT2D eigenvalue weighted by atomic mass is 9.98. The van der Waals surface area contributed by atoms with Crippen molar-refractivity contribution in [3.8, 4) is 5.75 Å². The van der Waals surface area contributed by atoms with Crippen LogP contribution in [0.15, 0.2) is 72.8 Å². The molecule has 6 nitrogen and oxygen atoms in total. The van der Waals surface area contributed by atoms with Gasteiger partial charge in [0, 0.05) is 16.7 Å². The lowest BCUT2D eigenvalue weighted by molar-refractivity contribution is -0.596. The quantitative estimate of drug-likeness (QED) is 0.572. The first-order valence-electron chi connectivity index (χ1n) is 11.1. The molecule has 3 aromatic carbocycles. The number of benzene rings is 3. The van der Waals surface area contributed by atoms with Gasteiger partial charge in [-0.15, -0.1) is 10.1 Å². The number of rotatable bonds is 6. The normalized spacial score (nSPS) is 18.8. The van der Waals surface area contributed by atoms with Crippen LogP contribution in [0.5, 0.6) is 5.75 Å². The minimum Gasteiger partial charge on any atom is -0.494 e. The smallest absolute Gasteiger partial charge is 0.304 e. The van der Waals surface area contributed by atoms with Gasteiger partial charge in [-0.05, 0) is 57.2 Å². The molecule has 0 unspecified atom stereocenters. The van der Waals surface area contributed by atoms with Gasteiger partial charge >= 0.3 is 5.91 Å². The third-order valence-electron chi connectivity index (χ3n) is 5.60. The monoisotopic (exact) mass is 442 g/mol. The molecule has 0 aromatic heterocycles. The fourth-order valence-corrected chi connectivity index (χ4v) is 3.93. The number of amides is 2. The molecule has 0 radical (unpaired) electrons. The number of hydrogen-bond acceptors (Lipinski definition) is 3. The first-order valence-corrected chi connectivity index (χ1v) is 11.1. The van der Waals surface area contributed by atoms with Crippen LogP contribution in [0.3, 0.4) is 0 Å². The average molecular weight is 443 g/mol. The highest BCUT2D eigenvalue weighted by atomic mass is 16.5. The van der Waals surface area contributed by atoms with Gasteiger partial charge in [-0.25, -0.2) is 0 Å². The number of hydrazine groups is 1. The summed E-state index contributed by atoms with van der Waals surface area (Å²) in [5, 5.41) is 2.94. The minimum absolute atomic E-state index is 0.260. The molecule has 4 rings (SSSR count). The highest BCUT2D eigenvalue weighted by molar-refractivity contribution is 5.98. The standard InChI is InChI=1S/C27H27N3O3/c1-4-33-23-14-10-20(11-15-23)17-30-25(21-12-8-18(2)9-13-21)24(27(32)29-30)28-26(31)22-7-5-6-19(3)16-22/h5-17,24-25H,4H2,1-3H3,(H-,28,29,31,32)/p+1/b30-17-/t24-,25+/m0/s1. The zero-order valence-corrected chi connectivity index (χ0v) is 19.0. The van der Waals surface area contributed by atoms with Crippen LogP contribution in [0.2, 0.25) is 0 Å². The van der Waals surface area contributed by atoms with Crippen molar-refractivity contribution in [2.75, 3.05) is 6.61 Å². The van der Waals surface area contributed by atoms with Crippen molar-refractivity contribution in [3.05, 3.63) is 101 Å². The first-order chi connectivity index (χ1) is 15.9. The molecule has 0 bridgehead atoms. The van der Waals surface area contributed by atoms with Gasteiger partial charge < -0.3 is 10.1 Å². The Hall–Kier alpha value is -3.93. The Balaban J connectivity index is 1.67. The maximum Gasteiger partial charge on any atom is 0.304 e. The molecular weight excluding hydrogens is 414 g/mol. The van der Waals surface area contributed by atoms with Crippen molar-refractivity contribution < 1.29 is 19.0 Å². The molecule has 0 aliphatic carbocycles. The Morgan fingerprint density at radius 2 is 1.76 bits per heavy atom. The third-order valence-corrected chi connectivity index (χ3v) is 5.60. The van der Waals surface area contributed by atoms with Crippen LogP contribution in [-0.4, -0.2) is 35.4 Å². The van der Waals surface area contributed by atoms with E-state index in [0.29, 0.717) is 12.2 Å². The molecule has 1 aliphatic heterocycles. The van der Waals surface area contributed by atoms with Gasteiger partial charge in [0.2, 0.25) is 12.3 Å². The maximum atomic E-state index is 13.0. The molecule has 2 amide bonds. The topological polar surface area (TPSA) is 70.4 Å². The summed E-state index contributed by atoms with van der Waals surface area (Å²) < 4.78 is 7.28. The number of aryl methyl sites for hydroxylation is 2. The SMILES string of the molecule is CCOc1ccc(/C=[N+]2\NC(=O)[C@@H](NC(=O)c3cccc(C)c3)[C@H]2c2ccc(C)cc2)cc1. The molecule has 1 heterocycles. The molecule has 33 heavy (non-hydrogen) atoms. The van der Waals surface area contributed by atoms with E-state index in [9.17, 15) is 9.59 Å². The van der Waals surface area contributed by atoms with Gasteiger partial charge in [0.25, 0.3) is 5.91 Å². The molecule has 2 atom stereocenters. The van der Waals surface area contributed by atoms with Crippen molar-refractivity contribution in [3.63, 3.8) is 0 Å². The van der Waals surface area contributed by atoms with Crippen molar-refractivity contribution in [2.24, 2.45) is 0 Å². The Kier molecular flexibility index (Phi) is 6.54. The highest BCUT2D eigenvalue weighted by Crippen LogP contribution is 2.26. The Bertz CT molecular complexity index is 1180. The number of carbonyl (C=O) groups excluding carboxylic acids is 2. The summed E-state index contributed by atoms with van der Waals surface area (Å²) in [6.07, 6.45) is 1.87. The van der Waals surface area contributed by atoms with Crippen molar-refractivity contribution in [1.82, 2.24) is 10.7 Å². The number of hydrogen-bond donors (Lipinski definition) is 2.